The molecule has 4 aromatic carbocycles. The Morgan fingerprint density at radius 3 is 2.30 bits per heavy atom. The van der Waals surface area contributed by atoms with E-state index in [1.807, 2.05) is 30.3 Å². The lowest BCUT2D eigenvalue weighted by molar-refractivity contribution is 0.102. The molecular formula is C40H47N3O4. The Morgan fingerprint density at radius 2 is 1.60 bits per heavy atom. The van der Waals surface area contributed by atoms with Gasteiger partial charge in [-0.15, -0.1) is 0 Å². The zero-order chi connectivity index (χ0) is 33.5. The van der Waals surface area contributed by atoms with Crippen LogP contribution in [0, 0.1) is 19.8 Å². The molecule has 0 fully saturated rings. The molecule has 0 aliphatic heterocycles. The zero-order valence-electron chi connectivity index (χ0n) is 28.2. The smallest absolute Gasteiger partial charge is 0.255 e. The highest BCUT2D eigenvalue weighted by atomic mass is 16.5. The summed E-state index contributed by atoms with van der Waals surface area (Å²) in [5, 5.41) is 25.2. The first-order valence-corrected chi connectivity index (χ1v) is 16.7. The number of nitrogens with one attached hydrogen (secondary N) is 1. The predicted molar refractivity (Wildman–Crippen MR) is 192 cm³/mol. The van der Waals surface area contributed by atoms with Gasteiger partial charge in [0.2, 0.25) is 0 Å². The van der Waals surface area contributed by atoms with Crippen LogP contribution in [0.4, 0.5) is 5.69 Å². The summed E-state index contributed by atoms with van der Waals surface area (Å²) in [5.41, 5.74) is 5.38. The number of aromatic nitrogens is 1. The summed E-state index contributed by atoms with van der Waals surface area (Å²) in [5.74, 6) is 1.31. The van der Waals surface area contributed by atoms with E-state index in [-0.39, 0.29) is 23.1 Å². The van der Waals surface area contributed by atoms with E-state index in [9.17, 15) is 15.0 Å². The molecule has 0 unspecified atom stereocenters. The fourth-order valence-corrected chi connectivity index (χ4v) is 6.15. The van der Waals surface area contributed by atoms with E-state index in [0.29, 0.717) is 28.2 Å². The molecule has 1 heterocycles. The minimum Gasteiger partial charge on any atom is -0.507 e. The van der Waals surface area contributed by atoms with Gasteiger partial charge in [0.1, 0.15) is 23.0 Å². The fraction of sp³-hybridized carbons (Fsp3) is 0.325. The van der Waals surface area contributed by atoms with Crippen molar-refractivity contribution < 1.29 is 19.7 Å². The molecule has 1 amide bonds. The van der Waals surface area contributed by atoms with Gasteiger partial charge in [-0.25, -0.2) is 0 Å². The standard InChI is InChI=1S/C40H47N3O4/c1-6-19-42(22-18-27(2)3)20-11-21-43-29(5)28(4)35-26-34(16-17-36(35)43)47-33-15-10-14-31(23-33)40(46)41-32-24-37(44)39(38(45)25-32)30-12-8-7-9-13-30/h7-10,12-17,23-27,44-45H,6,11,18-22H2,1-5H3,(H,41,46). The van der Waals surface area contributed by atoms with Crippen LogP contribution in [-0.2, 0) is 6.54 Å². The number of amides is 1. The number of hydrogen-bond donors (Lipinski definition) is 3. The molecule has 3 N–H and O–H groups in total. The van der Waals surface area contributed by atoms with Crippen LogP contribution in [-0.4, -0.2) is 45.2 Å². The first-order chi connectivity index (χ1) is 22.6. The van der Waals surface area contributed by atoms with Crippen molar-refractivity contribution >= 4 is 22.5 Å². The SMILES string of the molecule is CCCN(CCCn1c(C)c(C)c2cc(Oc3cccc(C(=O)Nc4cc(O)c(-c5ccccc5)c(O)c4)c3)ccc21)CCC(C)C. The predicted octanol–water partition coefficient (Wildman–Crippen LogP) is 9.53. The van der Waals surface area contributed by atoms with Crippen molar-refractivity contribution in [2.75, 3.05) is 25.0 Å². The molecule has 0 saturated carbocycles. The van der Waals surface area contributed by atoms with Crippen LogP contribution in [0.25, 0.3) is 22.0 Å². The van der Waals surface area contributed by atoms with E-state index < -0.39 is 0 Å². The summed E-state index contributed by atoms with van der Waals surface area (Å²) in [6.45, 7) is 15.6. The summed E-state index contributed by atoms with van der Waals surface area (Å²) in [4.78, 5) is 15.8. The van der Waals surface area contributed by atoms with Gasteiger partial charge in [0.05, 0.1) is 5.56 Å². The summed E-state index contributed by atoms with van der Waals surface area (Å²) in [6, 6.07) is 25.1. The van der Waals surface area contributed by atoms with Crippen LogP contribution < -0.4 is 10.1 Å². The van der Waals surface area contributed by atoms with Crippen molar-refractivity contribution in [2.45, 2.75) is 60.4 Å². The van der Waals surface area contributed by atoms with E-state index in [4.69, 9.17) is 4.74 Å². The van der Waals surface area contributed by atoms with Crippen LogP contribution in [0.15, 0.2) is 84.9 Å². The molecule has 0 atom stereocenters. The Labute approximate surface area is 278 Å². The molecular weight excluding hydrogens is 586 g/mol. The lowest BCUT2D eigenvalue weighted by atomic mass is 10.0. The summed E-state index contributed by atoms with van der Waals surface area (Å²) < 4.78 is 8.67. The highest BCUT2D eigenvalue weighted by Crippen LogP contribution is 2.40. The third-order valence-electron chi connectivity index (χ3n) is 8.78. The molecule has 246 valence electrons. The lowest BCUT2D eigenvalue weighted by Gasteiger charge is -2.23. The Hall–Kier alpha value is -4.75. The molecule has 0 aliphatic carbocycles. The number of anilines is 1. The van der Waals surface area contributed by atoms with E-state index >= 15 is 0 Å². The van der Waals surface area contributed by atoms with Gasteiger partial charge in [-0.2, -0.15) is 0 Å². The molecule has 5 aromatic rings. The number of nitrogens with zero attached hydrogens (tertiary/aromatic N) is 2. The third-order valence-corrected chi connectivity index (χ3v) is 8.78. The molecule has 7 nitrogen and oxygen atoms in total. The first-order valence-electron chi connectivity index (χ1n) is 16.7. The highest BCUT2D eigenvalue weighted by Gasteiger charge is 2.16. The zero-order valence-corrected chi connectivity index (χ0v) is 28.2. The number of carbonyl (C=O) groups is 1. The number of hydrogen-bond acceptors (Lipinski definition) is 5. The van der Waals surface area contributed by atoms with Gasteiger partial charge in [-0.1, -0.05) is 57.2 Å². The maximum absolute atomic E-state index is 13.2. The molecule has 47 heavy (non-hydrogen) atoms. The number of benzene rings is 4. The van der Waals surface area contributed by atoms with Crippen LogP contribution >= 0.6 is 0 Å². The van der Waals surface area contributed by atoms with E-state index in [2.05, 4.69) is 61.5 Å². The second-order valence-electron chi connectivity index (χ2n) is 12.8. The molecule has 0 aliphatic rings. The molecule has 0 bridgehead atoms. The number of aryl methyl sites for hydroxylation is 2. The second kappa shape index (κ2) is 15.2. The average molecular weight is 634 g/mol. The van der Waals surface area contributed by atoms with Gasteiger partial charge in [-0.05, 0) is 106 Å². The molecule has 0 radical (unpaired) electrons. The van der Waals surface area contributed by atoms with Crippen LogP contribution in [0.2, 0.25) is 0 Å². The number of ether oxygens (including phenoxy) is 1. The minimum absolute atomic E-state index is 0.126. The van der Waals surface area contributed by atoms with Crippen molar-refractivity contribution in [3.8, 4) is 34.1 Å². The van der Waals surface area contributed by atoms with Gasteiger partial charge in [0, 0.05) is 46.5 Å². The van der Waals surface area contributed by atoms with E-state index in [0.717, 1.165) is 43.9 Å². The maximum atomic E-state index is 13.2. The highest BCUT2D eigenvalue weighted by molar-refractivity contribution is 6.05. The van der Waals surface area contributed by atoms with E-state index in [1.54, 1.807) is 30.3 Å². The molecule has 5 rings (SSSR count). The molecule has 0 saturated heterocycles. The van der Waals surface area contributed by atoms with Crippen molar-refractivity contribution in [1.82, 2.24) is 9.47 Å². The quantitative estimate of drug-likeness (QED) is 0.113. The molecule has 0 spiro atoms. The summed E-state index contributed by atoms with van der Waals surface area (Å²) in [6.07, 6.45) is 3.52. The Kier molecular flexibility index (Phi) is 10.9. The topological polar surface area (TPSA) is 87.0 Å². The largest absolute Gasteiger partial charge is 0.507 e. The van der Waals surface area contributed by atoms with E-state index in [1.165, 1.54) is 41.7 Å². The minimum atomic E-state index is -0.387. The fourth-order valence-electron chi connectivity index (χ4n) is 6.15. The first kappa shape index (κ1) is 33.6. The third kappa shape index (κ3) is 8.16. The molecule has 1 aromatic heterocycles. The number of carbonyl (C=O) groups excluding carboxylic acids is 1. The van der Waals surface area contributed by atoms with Gasteiger partial charge in [-0.3, -0.25) is 4.79 Å². The lowest BCUT2D eigenvalue weighted by Crippen LogP contribution is -2.28. The second-order valence-corrected chi connectivity index (χ2v) is 12.8. The Morgan fingerprint density at radius 1 is 0.872 bits per heavy atom. The van der Waals surface area contributed by atoms with Gasteiger partial charge in [0.25, 0.3) is 5.91 Å². The number of fused-ring (bicyclic) bond motifs is 1. The normalized spacial score (nSPS) is 11.5. The van der Waals surface area contributed by atoms with Crippen LogP contribution in [0.5, 0.6) is 23.0 Å². The number of phenols is 2. The number of rotatable bonds is 14. The average Bonchev–Trinajstić information content (AvgIpc) is 3.28. The number of phenolic OH excluding ortho intramolecular Hbond substituents is 2. The van der Waals surface area contributed by atoms with Crippen molar-refractivity contribution in [3.05, 3.63) is 102 Å². The maximum Gasteiger partial charge on any atom is 0.255 e. The Bertz CT molecular complexity index is 1800. The molecule has 7 heteroatoms. The van der Waals surface area contributed by atoms with Crippen molar-refractivity contribution in [1.29, 1.82) is 0 Å². The summed E-state index contributed by atoms with van der Waals surface area (Å²) >= 11 is 0. The van der Waals surface area contributed by atoms with Crippen LogP contribution in [0.1, 0.15) is 61.6 Å². The summed E-state index contributed by atoms with van der Waals surface area (Å²) in [7, 11) is 0. The number of aromatic hydroxyl groups is 2. The Balaban J connectivity index is 1.26. The van der Waals surface area contributed by atoms with Gasteiger partial charge in [0.15, 0.2) is 0 Å². The van der Waals surface area contributed by atoms with Gasteiger partial charge < -0.3 is 29.7 Å². The van der Waals surface area contributed by atoms with Gasteiger partial charge >= 0.3 is 0 Å². The van der Waals surface area contributed by atoms with Crippen molar-refractivity contribution in [3.63, 3.8) is 0 Å². The van der Waals surface area contributed by atoms with Crippen LogP contribution in [0.3, 0.4) is 0 Å². The van der Waals surface area contributed by atoms with Crippen molar-refractivity contribution in [2.24, 2.45) is 5.92 Å². The monoisotopic (exact) mass is 633 g/mol.